The maximum Gasteiger partial charge on any atom is 0.227 e. The summed E-state index contributed by atoms with van der Waals surface area (Å²) in [6.45, 7) is 9.49. The first-order valence-electron chi connectivity index (χ1n) is 6.25. The molecule has 0 aromatic carbocycles. The van der Waals surface area contributed by atoms with Gasteiger partial charge in [-0.2, -0.15) is 4.98 Å². The number of nitrogens with zero attached hydrogens (tertiary/aromatic N) is 4. The lowest BCUT2D eigenvalue weighted by Gasteiger charge is -2.28. The summed E-state index contributed by atoms with van der Waals surface area (Å²) in [4.78, 5) is 13.4. The van der Waals surface area contributed by atoms with E-state index >= 15 is 0 Å². The molecule has 5 nitrogen and oxygen atoms in total. The molecule has 0 radical (unpaired) electrons. The minimum Gasteiger partial charge on any atom is -0.378 e. The Kier molecular flexibility index (Phi) is 4.14. The van der Waals surface area contributed by atoms with Gasteiger partial charge in [0.05, 0.1) is 13.2 Å². The van der Waals surface area contributed by atoms with Gasteiger partial charge in [0, 0.05) is 32.4 Å². The predicted octanol–water partition coefficient (Wildman–Crippen LogP) is 1.16. The lowest BCUT2D eigenvalue weighted by molar-refractivity contribution is 0.122. The minimum atomic E-state index is 0.763. The van der Waals surface area contributed by atoms with Crippen LogP contribution in [0.3, 0.4) is 0 Å². The zero-order valence-corrected chi connectivity index (χ0v) is 10.6. The number of hydrogen-bond donors (Lipinski definition) is 0. The molecule has 0 amide bonds. The Morgan fingerprint density at radius 3 is 2.65 bits per heavy atom. The van der Waals surface area contributed by atoms with Gasteiger partial charge in [0.25, 0.3) is 0 Å². The van der Waals surface area contributed by atoms with E-state index in [1.807, 2.05) is 12.3 Å². The minimum absolute atomic E-state index is 0.763. The zero-order valence-electron chi connectivity index (χ0n) is 10.6. The molecule has 1 aromatic heterocycles. The molecule has 0 spiro atoms. The van der Waals surface area contributed by atoms with Crippen LogP contribution in [0.4, 0.5) is 11.8 Å². The molecule has 5 heteroatoms. The molecule has 0 bridgehead atoms. The molecule has 0 N–H and O–H groups in total. The van der Waals surface area contributed by atoms with Gasteiger partial charge < -0.3 is 14.5 Å². The molecule has 0 unspecified atom stereocenters. The lowest BCUT2D eigenvalue weighted by atomic mass is 10.4. The van der Waals surface area contributed by atoms with Crippen molar-refractivity contribution < 1.29 is 4.74 Å². The Balaban J connectivity index is 2.15. The highest BCUT2D eigenvalue weighted by Crippen LogP contribution is 2.15. The van der Waals surface area contributed by atoms with Crippen molar-refractivity contribution in [1.82, 2.24) is 9.97 Å². The molecule has 1 saturated heterocycles. The van der Waals surface area contributed by atoms with Gasteiger partial charge in [-0.1, -0.05) is 0 Å². The van der Waals surface area contributed by atoms with Crippen molar-refractivity contribution in [2.24, 2.45) is 0 Å². The fraction of sp³-hybridized carbons (Fsp3) is 0.667. The molecule has 1 aromatic rings. The third-order valence-electron chi connectivity index (χ3n) is 3.01. The number of morpholine rings is 1. The van der Waals surface area contributed by atoms with Crippen LogP contribution in [0.1, 0.15) is 13.8 Å². The molecule has 1 fully saturated rings. The van der Waals surface area contributed by atoms with Crippen molar-refractivity contribution in [3.05, 3.63) is 12.3 Å². The van der Waals surface area contributed by atoms with Gasteiger partial charge in [-0.25, -0.2) is 4.98 Å². The van der Waals surface area contributed by atoms with Crippen molar-refractivity contribution in [3.63, 3.8) is 0 Å². The Bertz CT molecular complexity index is 348. The Labute approximate surface area is 102 Å². The molecule has 94 valence electrons. The van der Waals surface area contributed by atoms with E-state index in [0.29, 0.717) is 0 Å². The smallest absolute Gasteiger partial charge is 0.227 e. The fourth-order valence-electron chi connectivity index (χ4n) is 1.98. The third-order valence-corrected chi connectivity index (χ3v) is 3.01. The van der Waals surface area contributed by atoms with E-state index in [1.54, 1.807) is 0 Å². The summed E-state index contributed by atoms with van der Waals surface area (Å²) in [6.07, 6.45) is 1.84. The van der Waals surface area contributed by atoms with Crippen LogP contribution in [-0.2, 0) is 4.74 Å². The van der Waals surface area contributed by atoms with E-state index in [1.165, 1.54) is 0 Å². The molecular weight excluding hydrogens is 216 g/mol. The molecule has 17 heavy (non-hydrogen) atoms. The Hall–Kier alpha value is -1.36. The van der Waals surface area contributed by atoms with Gasteiger partial charge in [-0.15, -0.1) is 0 Å². The predicted molar refractivity (Wildman–Crippen MR) is 68.6 cm³/mol. The van der Waals surface area contributed by atoms with E-state index < -0.39 is 0 Å². The topological polar surface area (TPSA) is 41.5 Å². The normalized spacial score (nSPS) is 16.0. The standard InChI is InChI=1S/C12H20N4O/c1-3-15(4-2)11-5-6-13-12(14-11)16-7-9-17-10-8-16/h5-6H,3-4,7-10H2,1-2H3. The van der Waals surface area contributed by atoms with Crippen LogP contribution in [0.25, 0.3) is 0 Å². The number of hydrogen-bond acceptors (Lipinski definition) is 5. The summed E-state index contributed by atoms with van der Waals surface area (Å²) in [6, 6.07) is 1.97. The summed E-state index contributed by atoms with van der Waals surface area (Å²) in [5.41, 5.74) is 0. The maximum atomic E-state index is 5.33. The molecule has 1 aliphatic rings. The third kappa shape index (κ3) is 2.85. The molecule has 0 saturated carbocycles. The van der Waals surface area contributed by atoms with Crippen LogP contribution in [0, 0.1) is 0 Å². The van der Waals surface area contributed by atoms with Gasteiger partial charge in [0.15, 0.2) is 0 Å². The van der Waals surface area contributed by atoms with Crippen molar-refractivity contribution in [2.75, 3.05) is 49.2 Å². The van der Waals surface area contributed by atoms with E-state index in [9.17, 15) is 0 Å². The highest BCUT2D eigenvalue weighted by atomic mass is 16.5. The average molecular weight is 236 g/mol. The number of aromatic nitrogens is 2. The summed E-state index contributed by atoms with van der Waals surface area (Å²) in [7, 11) is 0. The van der Waals surface area contributed by atoms with Crippen LogP contribution in [0.5, 0.6) is 0 Å². The van der Waals surface area contributed by atoms with E-state index in [2.05, 4.69) is 33.6 Å². The van der Waals surface area contributed by atoms with Crippen LogP contribution in [0.15, 0.2) is 12.3 Å². The van der Waals surface area contributed by atoms with E-state index in [0.717, 1.165) is 51.2 Å². The summed E-state index contributed by atoms with van der Waals surface area (Å²) in [5, 5.41) is 0. The number of rotatable bonds is 4. The van der Waals surface area contributed by atoms with Crippen LogP contribution < -0.4 is 9.80 Å². The molecule has 2 rings (SSSR count). The largest absolute Gasteiger partial charge is 0.378 e. The maximum absolute atomic E-state index is 5.33. The molecule has 1 aliphatic heterocycles. The van der Waals surface area contributed by atoms with Gasteiger partial charge in [-0.05, 0) is 19.9 Å². The van der Waals surface area contributed by atoms with Crippen molar-refractivity contribution >= 4 is 11.8 Å². The van der Waals surface area contributed by atoms with Gasteiger partial charge in [0.1, 0.15) is 5.82 Å². The first-order valence-corrected chi connectivity index (χ1v) is 6.25. The highest BCUT2D eigenvalue weighted by molar-refractivity contribution is 5.43. The molecule has 0 aliphatic carbocycles. The van der Waals surface area contributed by atoms with Crippen LogP contribution in [0.2, 0.25) is 0 Å². The summed E-state index contributed by atoms with van der Waals surface area (Å²) >= 11 is 0. The van der Waals surface area contributed by atoms with Gasteiger partial charge in [-0.3, -0.25) is 0 Å². The van der Waals surface area contributed by atoms with Crippen LogP contribution >= 0.6 is 0 Å². The zero-order chi connectivity index (χ0) is 12.1. The molecular formula is C12H20N4O. The second kappa shape index (κ2) is 5.82. The van der Waals surface area contributed by atoms with E-state index in [4.69, 9.17) is 4.74 Å². The summed E-state index contributed by atoms with van der Waals surface area (Å²) in [5.74, 6) is 1.82. The van der Waals surface area contributed by atoms with Crippen molar-refractivity contribution in [2.45, 2.75) is 13.8 Å². The number of ether oxygens (including phenoxy) is 1. The van der Waals surface area contributed by atoms with Gasteiger partial charge >= 0.3 is 0 Å². The SMILES string of the molecule is CCN(CC)c1ccnc(N2CCOCC2)n1. The fourth-order valence-corrected chi connectivity index (χ4v) is 1.98. The van der Waals surface area contributed by atoms with Crippen molar-refractivity contribution in [3.8, 4) is 0 Å². The lowest BCUT2D eigenvalue weighted by Crippen LogP contribution is -2.37. The van der Waals surface area contributed by atoms with Gasteiger partial charge in [0.2, 0.25) is 5.95 Å². The van der Waals surface area contributed by atoms with E-state index in [-0.39, 0.29) is 0 Å². The summed E-state index contributed by atoms with van der Waals surface area (Å²) < 4.78 is 5.33. The Morgan fingerprint density at radius 1 is 1.29 bits per heavy atom. The Morgan fingerprint density at radius 2 is 2.00 bits per heavy atom. The van der Waals surface area contributed by atoms with Crippen LogP contribution in [-0.4, -0.2) is 49.4 Å². The number of anilines is 2. The molecule has 0 atom stereocenters. The van der Waals surface area contributed by atoms with Crippen molar-refractivity contribution in [1.29, 1.82) is 0 Å². The second-order valence-corrected chi connectivity index (χ2v) is 3.99. The highest BCUT2D eigenvalue weighted by Gasteiger charge is 2.14. The monoisotopic (exact) mass is 236 g/mol. The average Bonchev–Trinajstić information content (AvgIpc) is 2.42. The quantitative estimate of drug-likeness (QED) is 0.784. The first-order chi connectivity index (χ1) is 8.35. The first kappa shape index (κ1) is 12.1. The second-order valence-electron chi connectivity index (χ2n) is 3.99. The molecule has 2 heterocycles.